The first-order chi connectivity index (χ1) is 24.8. The van der Waals surface area contributed by atoms with Gasteiger partial charge in [0, 0.05) is 24.5 Å². The van der Waals surface area contributed by atoms with Crippen LogP contribution in [0.2, 0.25) is 10.3 Å². The average Bonchev–Trinajstić information content (AvgIpc) is 3.92. The maximum Gasteiger partial charge on any atom is 0.341 e. The van der Waals surface area contributed by atoms with Gasteiger partial charge in [-0.2, -0.15) is 0 Å². The van der Waals surface area contributed by atoms with Crippen LogP contribution in [0.25, 0.3) is 11.6 Å². The number of hydrogen-bond acceptors (Lipinski definition) is 9. The molecule has 0 bridgehead atoms. The van der Waals surface area contributed by atoms with Gasteiger partial charge in [-0.15, -0.1) is 10.2 Å². The molecule has 4 heterocycles. The van der Waals surface area contributed by atoms with Gasteiger partial charge in [0.05, 0.1) is 17.7 Å². The van der Waals surface area contributed by atoms with Gasteiger partial charge in [0.1, 0.15) is 22.5 Å². The van der Waals surface area contributed by atoms with Gasteiger partial charge in [-0.05, 0) is 105 Å². The molecule has 51 heavy (non-hydrogen) atoms. The lowest BCUT2D eigenvalue weighted by molar-refractivity contribution is 0.0496. The van der Waals surface area contributed by atoms with Crippen LogP contribution in [0, 0.1) is 29.6 Å². The Morgan fingerprint density at radius 2 is 1.29 bits per heavy atom. The number of hydrogen-bond donors (Lipinski definition) is 1. The number of aromatic carboxylic acids is 1. The fourth-order valence-corrected chi connectivity index (χ4v) is 7.47. The van der Waals surface area contributed by atoms with Gasteiger partial charge < -0.3 is 19.3 Å². The zero-order valence-corrected chi connectivity index (χ0v) is 29.6. The topological polar surface area (TPSA) is 143 Å². The summed E-state index contributed by atoms with van der Waals surface area (Å²) in [5.74, 6) is 3.41. The Kier molecular flexibility index (Phi) is 9.63. The van der Waals surface area contributed by atoms with Gasteiger partial charge in [-0.25, -0.2) is 28.9 Å². The van der Waals surface area contributed by atoms with Crippen LogP contribution in [0.15, 0.2) is 48.8 Å². The predicted molar refractivity (Wildman–Crippen MR) is 187 cm³/mol. The third-order valence-corrected chi connectivity index (χ3v) is 10.9. The van der Waals surface area contributed by atoms with Crippen molar-refractivity contribution in [2.75, 3.05) is 6.61 Å². The summed E-state index contributed by atoms with van der Waals surface area (Å²) in [7, 11) is 0. The van der Waals surface area contributed by atoms with Gasteiger partial charge >= 0.3 is 11.9 Å². The van der Waals surface area contributed by atoms with Gasteiger partial charge in [0.25, 0.3) is 0 Å². The van der Waals surface area contributed by atoms with E-state index in [1.165, 1.54) is 31.7 Å². The van der Waals surface area contributed by atoms with Crippen molar-refractivity contribution in [3.63, 3.8) is 0 Å². The maximum absolute atomic E-state index is 12.8. The number of carboxylic acid groups (broad SMARTS) is 1. The number of pyridine rings is 2. The van der Waals surface area contributed by atoms with Crippen molar-refractivity contribution in [2.24, 2.45) is 29.6 Å². The minimum atomic E-state index is -1.13. The van der Waals surface area contributed by atoms with Crippen molar-refractivity contribution < 1.29 is 28.9 Å². The number of unbranched alkanes of at least 4 members (excludes halogenated alkanes) is 2. The van der Waals surface area contributed by atoms with Gasteiger partial charge in [-0.3, -0.25) is 0 Å². The summed E-state index contributed by atoms with van der Waals surface area (Å²) in [5.41, 5.74) is 0.179. The first-order valence-electron chi connectivity index (χ1n) is 18.0. The van der Waals surface area contributed by atoms with Gasteiger partial charge in [0.2, 0.25) is 11.8 Å². The minimum absolute atomic E-state index is 0.0565. The Labute approximate surface area is 305 Å². The molecule has 0 spiro atoms. The second-order valence-corrected chi connectivity index (χ2v) is 15.1. The van der Waals surface area contributed by atoms with Crippen molar-refractivity contribution >= 4 is 35.1 Å². The fraction of sp³-hybridized carbons (Fsp3) is 0.514. The largest absolute Gasteiger partial charge is 0.478 e. The highest BCUT2D eigenvalue weighted by Gasteiger charge is 2.50. The number of nitrogens with zero attached hydrogens (tertiary/aromatic N) is 6. The van der Waals surface area contributed by atoms with Crippen molar-refractivity contribution in [3.05, 3.63) is 70.2 Å². The highest BCUT2D eigenvalue weighted by Crippen LogP contribution is 2.52. The van der Waals surface area contributed by atoms with E-state index < -0.39 is 11.9 Å². The monoisotopic (exact) mass is 734 g/mol. The molecule has 0 aliphatic heterocycles. The van der Waals surface area contributed by atoms with E-state index in [0.717, 1.165) is 44.9 Å². The molecule has 0 amide bonds. The highest BCUT2D eigenvalue weighted by molar-refractivity contribution is 6.32. The molecule has 4 aliphatic carbocycles. The molecule has 0 saturated heterocycles. The van der Waals surface area contributed by atoms with Crippen molar-refractivity contribution in [3.8, 4) is 23.4 Å². The number of carboxylic acids is 1. The molecule has 3 unspecified atom stereocenters. The average molecular weight is 736 g/mol. The van der Waals surface area contributed by atoms with Crippen molar-refractivity contribution in [2.45, 2.75) is 82.8 Å². The molecule has 4 aromatic heterocycles. The molecular weight excluding hydrogens is 695 g/mol. The Morgan fingerprint density at radius 1 is 0.745 bits per heavy atom. The quantitative estimate of drug-likeness (QED) is 0.0616. The third kappa shape index (κ3) is 8.17. The second kappa shape index (κ2) is 14.5. The number of carbonyl (C=O) groups excluding carboxylic acids is 1. The van der Waals surface area contributed by atoms with E-state index in [4.69, 9.17) is 37.4 Å². The summed E-state index contributed by atoms with van der Waals surface area (Å²) in [6.45, 7) is 0.323. The van der Waals surface area contributed by atoms with Crippen LogP contribution in [0.3, 0.4) is 0 Å². The molecule has 8 rings (SSSR count). The summed E-state index contributed by atoms with van der Waals surface area (Å²) in [6, 6.07) is 9.98. The molecule has 14 heteroatoms. The molecule has 4 saturated carbocycles. The molecule has 268 valence electrons. The fourth-order valence-electron chi connectivity index (χ4n) is 7.01. The Hall–Kier alpha value is -4.16. The van der Waals surface area contributed by atoms with E-state index >= 15 is 0 Å². The summed E-state index contributed by atoms with van der Waals surface area (Å²) in [5, 5.41) is 18.3. The molecule has 4 fully saturated rings. The van der Waals surface area contributed by atoms with E-state index in [2.05, 4.69) is 20.2 Å². The van der Waals surface area contributed by atoms with Crippen molar-refractivity contribution in [1.82, 2.24) is 29.5 Å². The minimum Gasteiger partial charge on any atom is -0.478 e. The molecule has 12 nitrogen and oxygen atoms in total. The maximum atomic E-state index is 12.8. The molecule has 0 aromatic carbocycles. The van der Waals surface area contributed by atoms with Crippen LogP contribution in [0.5, 0.6) is 11.8 Å². The molecule has 4 aliphatic rings. The third-order valence-electron chi connectivity index (χ3n) is 10.3. The number of esters is 1. The number of halogens is 2. The van der Waals surface area contributed by atoms with E-state index in [1.54, 1.807) is 46.0 Å². The van der Waals surface area contributed by atoms with Gasteiger partial charge in [0.15, 0.2) is 11.6 Å². The first-order valence-corrected chi connectivity index (χ1v) is 18.7. The zero-order chi connectivity index (χ0) is 35.1. The highest BCUT2D eigenvalue weighted by atomic mass is 35.5. The molecule has 0 radical (unpaired) electrons. The van der Waals surface area contributed by atoms with Gasteiger partial charge in [-0.1, -0.05) is 42.5 Å². The van der Waals surface area contributed by atoms with Crippen LogP contribution in [-0.2, 0) is 4.74 Å². The number of aromatic nitrogens is 6. The van der Waals surface area contributed by atoms with E-state index in [1.807, 2.05) is 6.07 Å². The van der Waals surface area contributed by atoms with Crippen LogP contribution >= 0.6 is 23.2 Å². The Bertz CT molecular complexity index is 1890. The predicted octanol–water partition coefficient (Wildman–Crippen LogP) is 7.63. The first kappa shape index (κ1) is 34.0. The van der Waals surface area contributed by atoms with E-state index in [9.17, 15) is 14.7 Å². The Balaban J connectivity index is 0.753. The second-order valence-electron chi connectivity index (χ2n) is 14.3. The van der Waals surface area contributed by atoms with E-state index in [-0.39, 0.29) is 33.6 Å². The standard InChI is InChI=1S/C37H40Cl2N6O6/c38-34-25(36(46)47)11-13-28(40-34)44-18-16-31(43-44)51-33(23-9-10-23)27-20-24(27)4-2-1-3-19-49-37(48)26-12-14-29(41-35(26)39)45-17-15-30(42-45)50-32(21-5-6-21)22-7-8-22/h11-18,21-24,27,32-33H,1-10,19-20H2,(H,46,47). The lowest BCUT2D eigenvalue weighted by Crippen LogP contribution is -2.23. The van der Waals surface area contributed by atoms with Crippen LogP contribution in [-0.4, -0.2) is 65.4 Å². The molecular formula is C37H40Cl2N6O6. The molecule has 3 atom stereocenters. The summed E-state index contributed by atoms with van der Waals surface area (Å²) in [4.78, 5) is 32.6. The van der Waals surface area contributed by atoms with Crippen LogP contribution in [0.1, 0.15) is 91.3 Å². The molecule has 4 aromatic rings. The lowest BCUT2D eigenvalue weighted by atomic mass is 10.1. The Morgan fingerprint density at radius 3 is 1.84 bits per heavy atom. The lowest BCUT2D eigenvalue weighted by Gasteiger charge is -2.17. The van der Waals surface area contributed by atoms with Crippen LogP contribution < -0.4 is 9.47 Å². The number of rotatable bonds is 18. The normalized spacial score (nSPS) is 20.3. The summed E-state index contributed by atoms with van der Waals surface area (Å²) >= 11 is 12.5. The SMILES string of the molecule is O=C(O)c1ccc(-n2ccc(OC(C3CC3)C3CC3CCCCCOC(=O)c3ccc(-n4ccc(OC(C5CC5)C5CC5)n4)nc3Cl)n2)nc1Cl. The molecule has 1 N–H and O–H groups in total. The van der Waals surface area contributed by atoms with Crippen molar-refractivity contribution in [1.29, 1.82) is 0 Å². The number of ether oxygens (including phenoxy) is 3. The number of carbonyl (C=O) groups is 2. The van der Waals surface area contributed by atoms with Crippen LogP contribution in [0.4, 0.5) is 0 Å². The summed E-state index contributed by atoms with van der Waals surface area (Å²) < 4.78 is 21.3. The zero-order valence-electron chi connectivity index (χ0n) is 28.1. The van der Waals surface area contributed by atoms with E-state index in [0.29, 0.717) is 59.6 Å². The summed E-state index contributed by atoms with van der Waals surface area (Å²) in [6.07, 6.45) is 16.2. The smallest absolute Gasteiger partial charge is 0.341 e.